The molecular weight excluding hydrogens is 372 g/mol. The number of amides is 2. The van der Waals surface area contributed by atoms with Gasteiger partial charge in [-0.05, 0) is 29.8 Å². The van der Waals surface area contributed by atoms with Gasteiger partial charge >= 0.3 is 0 Å². The molecule has 1 aliphatic rings. The number of hydrogen-bond acceptors (Lipinski definition) is 3. The van der Waals surface area contributed by atoms with Crippen molar-refractivity contribution in [1.29, 1.82) is 0 Å². The molecule has 5 nitrogen and oxygen atoms in total. The summed E-state index contributed by atoms with van der Waals surface area (Å²) in [4.78, 5) is 24.2. The highest BCUT2D eigenvalue weighted by molar-refractivity contribution is 9.10. The minimum atomic E-state index is -0.458. The van der Waals surface area contributed by atoms with E-state index in [0.717, 1.165) is 15.8 Å². The molecule has 2 aromatic rings. The maximum atomic E-state index is 12.4. The Hall–Kier alpha value is -2.34. The highest BCUT2D eigenvalue weighted by atomic mass is 79.9. The second-order valence-electron chi connectivity index (χ2n) is 5.49. The van der Waals surface area contributed by atoms with Crippen LogP contribution in [0.15, 0.2) is 53.0 Å². The quantitative estimate of drug-likeness (QED) is 0.773. The Balaban J connectivity index is 1.55. The third-order valence-corrected chi connectivity index (χ3v) is 4.28. The van der Waals surface area contributed by atoms with Gasteiger partial charge < -0.3 is 15.4 Å². The molecule has 0 radical (unpaired) electrons. The summed E-state index contributed by atoms with van der Waals surface area (Å²) in [6, 6.07) is 14.9. The number of anilines is 1. The Morgan fingerprint density at radius 1 is 1.25 bits per heavy atom. The van der Waals surface area contributed by atoms with E-state index in [0.29, 0.717) is 18.8 Å². The summed E-state index contributed by atoms with van der Waals surface area (Å²) in [5, 5.41) is 5.63. The van der Waals surface area contributed by atoms with E-state index < -0.39 is 5.92 Å². The lowest BCUT2D eigenvalue weighted by molar-refractivity contribution is -0.126. The number of fused-ring (bicyclic) bond motifs is 1. The highest BCUT2D eigenvalue weighted by Crippen LogP contribution is 2.31. The predicted molar refractivity (Wildman–Crippen MR) is 95.1 cm³/mol. The summed E-state index contributed by atoms with van der Waals surface area (Å²) in [5.74, 6) is -0.0174. The number of rotatable bonds is 5. The van der Waals surface area contributed by atoms with E-state index in [1.54, 1.807) is 0 Å². The maximum absolute atomic E-state index is 12.4. The highest BCUT2D eigenvalue weighted by Gasteiger charge is 2.30. The second kappa shape index (κ2) is 7.49. The molecule has 0 spiro atoms. The van der Waals surface area contributed by atoms with Crippen LogP contribution in [0.1, 0.15) is 17.9 Å². The van der Waals surface area contributed by atoms with E-state index >= 15 is 0 Å². The molecule has 2 N–H and O–H groups in total. The zero-order valence-corrected chi connectivity index (χ0v) is 14.5. The van der Waals surface area contributed by atoms with Gasteiger partial charge in [-0.1, -0.05) is 40.2 Å². The zero-order chi connectivity index (χ0) is 16.9. The summed E-state index contributed by atoms with van der Waals surface area (Å²) in [6.07, 6.45) is 0.162. The van der Waals surface area contributed by atoms with Crippen LogP contribution in [0.3, 0.4) is 0 Å². The number of benzene rings is 2. The molecule has 2 amide bonds. The molecule has 1 unspecified atom stereocenters. The third-order valence-electron chi connectivity index (χ3n) is 3.78. The predicted octanol–water partition coefficient (Wildman–Crippen LogP) is 3.07. The lowest BCUT2D eigenvalue weighted by atomic mass is 9.90. The van der Waals surface area contributed by atoms with Crippen molar-refractivity contribution in [3.8, 4) is 5.75 Å². The molecule has 0 fully saturated rings. The van der Waals surface area contributed by atoms with Gasteiger partial charge in [0.05, 0.1) is 12.5 Å². The Morgan fingerprint density at radius 2 is 2.08 bits per heavy atom. The van der Waals surface area contributed by atoms with E-state index in [9.17, 15) is 9.59 Å². The molecule has 6 heteroatoms. The molecule has 3 rings (SSSR count). The minimum absolute atomic E-state index is 0.140. The number of nitrogens with one attached hydrogen (secondary N) is 2. The summed E-state index contributed by atoms with van der Waals surface area (Å²) < 4.78 is 6.53. The van der Waals surface area contributed by atoms with Gasteiger partial charge in [0.25, 0.3) is 0 Å². The Morgan fingerprint density at radius 3 is 2.92 bits per heavy atom. The van der Waals surface area contributed by atoms with Gasteiger partial charge in [0.15, 0.2) is 0 Å². The summed E-state index contributed by atoms with van der Waals surface area (Å²) in [7, 11) is 0. The Labute approximate surface area is 148 Å². The fourth-order valence-electron chi connectivity index (χ4n) is 2.67. The van der Waals surface area contributed by atoms with Crippen LogP contribution in [0.2, 0.25) is 0 Å². The number of carbonyl (C=O) groups excluding carboxylic acids is 2. The summed E-state index contributed by atoms with van der Waals surface area (Å²) in [5.41, 5.74) is 1.56. The van der Waals surface area contributed by atoms with Gasteiger partial charge in [-0.3, -0.25) is 9.59 Å². The zero-order valence-electron chi connectivity index (χ0n) is 12.9. The fraction of sp³-hybridized carbons (Fsp3) is 0.222. The average Bonchev–Trinajstić information content (AvgIpc) is 2.58. The molecule has 1 heterocycles. The summed E-state index contributed by atoms with van der Waals surface area (Å²) in [6.45, 7) is 0.744. The van der Waals surface area contributed by atoms with Crippen LogP contribution < -0.4 is 15.4 Å². The monoisotopic (exact) mass is 388 g/mol. The number of carbonyl (C=O) groups is 2. The van der Waals surface area contributed by atoms with E-state index in [-0.39, 0.29) is 18.2 Å². The van der Waals surface area contributed by atoms with Crippen molar-refractivity contribution in [2.45, 2.75) is 12.3 Å². The fourth-order valence-corrected chi connectivity index (χ4v) is 3.05. The first-order chi connectivity index (χ1) is 11.6. The number of para-hydroxylation sites is 1. The van der Waals surface area contributed by atoms with Gasteiger partial charge in [-0.25, -0.2) is 0 Å². The van der Waals surface area contributed by atoms with Gasteiger partial charge in [0, 0.05) is 16.6 Å². The number of halogens is 1. The third kappa shape index (κ3) is 3.94. The Kier molecular flexibility index (Phi) is 5.15. The van der Waals surface area contributed by atoms with Crippen molar-refractivity contribution in [2.24, 2.45) is 0 Å². The van der Waals surface area contributed by atoms with Gasteiger partial charge in [-0.15, -0.1) is 0 Å². The molecule has 0 saturated carbocycles. The average molecular weight is 389 g/mol. The molecule has 1 aliphatic heterocycles. The molecule has 1 atom stereocenters. The van der Waals surface area contributed by atoms with Crippen molar-refractivity contribution in [3.63, 3.8) is 0 Å². The normalized spacial score (nSPS) is 16.0. The topological polar surface area (TPSA) is 67.4 Å². The van der Waals surface area contributed by atoms with Crippen molar-refractivity contribution in [3.05, 3.63) is 58.6 Å². The summed E-state index contributed by atoms with van der Waals surface area (Å²) >= 11 is 3.38. The lowest BCUT2D eigenvalue weighted by Gasteiger charge is -2.24. The molecule has 0 bridgehead atoms. The van der Waals surface area contributed by atoms with Crippen LogP contribution >= 0.6 is 15.9 Å². The number of hydrogen-bond donors (Lipinski definition) is 2. The van der Waals surface area contributed by atoms with E-state index in [4.69, 9.17) is 4.74 Å². The van der Waals surface area contributed by atoms with Crippen LogP contribution in [0.4, 0.5) is 5.69 Å². The van der Waals surface area contributed by atoms with Crippen LogP contribution in [-0.4, -0.2) is 25.0 Å². The van der Waals surface area contributed by atoms with E-state index in [1.807, 2.05) is 48.5 Å². The molecule has 0 saturated heterocycles. The standard InChI is InChI=1S/C18H17BrN2O3/c19-12-4-3-5-13(10-12)24-9-8-20-18(23)15-11-17(22)21-16-7-2-1-6-14(15)16/h1-7,10,15H,8-9,11H2,(H,20,23)(H,21,22). The van der Waals surface area contributed by atoms with Crippen LogP contribution in [0.5, 0.6) is 5.75 Å². The largest absolute Gasteiger partial charge is 0.492 e. The molecule has 2 aromatic carbocycles. The van der Waals surface area contributed by atoms with E-state index in [2.05, 4.69) is 26.6 Å². The van der Waals surface area contributed by atoms with Crippen LogP contribution in [0.25, 0.3) is 0 Å². The molecule has 24 heavy (non-hydrogen) atoms. The van der Waals surface area contributed by atoms with Gasteiger partial charge in [-0.2, -0.15) is 0 Å². The molecule has 0 aromatic heterocycles. The van der Waals surface area contributed by atoms with Crippen molar-refractivity contribution in [2.75, 3.05) is 18.5 Å². The minimum Gasteiger partial charge on any atom is -0.492 e. The van der Waals surface area contributed by atoms with Gasteiger partial charge in [0.1, 0.15) is 12.4 Å². The maximum Gasteiger partial charge on any atom is 0.228 e. The number of ether oxygens (including phenoxy) is 1. The smallest absolute Gasteiger partial charge is 0.228 e. The Bertz CT molecular complexity index is 763. The first-order valence-corrected chi connectivity index (χ1v) is 8.47. The van der Waals surface area contributed by atoms with Gasteiger partial charge in [0.2, 0.25) is 11.8 Å². The first-order valence-electron chi connectivity index (χ1n) is 7.68. The first kappa shape index (κ1) is 16.5. The van der Waals surface area contributed by atoms with Crippen LogP contribution in [0, 0.1) is 0 Å². The van der Waals surface area contributed by atoms with Crippen molar-refractivity contribution in [1.82, 2.24) is 5.32 Å². The van der Waals surface area contributed by atoms with Crippen LogP contribution in [-0.2, 0) is 9.59 Å². The molecule has 0 aliphatic carbocycles. The SMILES string of the molecule is O=C1CC(C(=O)NCCOc2cccc(Br)c2)c2ccccc2N1. The van der Waals surface area contributed by atoms with E-state index in [1.165, 1.54) is 0 Å². The molecule has 124 valence electrons. The van der Waals surface area contributed by atoms with Crippen molar-refractivity contribution >= 4 is 33.4 Å². The van der Waals surface area contributed by atoms with Crippen molar-refractivity contribution < 1.29 is 14.3 Å². The second-order valence-corrected chi connectivity index (χ2v) is 6.40. The lowest BCUT2D eigenvalue weighted by Crippen LogP contribution is -2.36. The molecular formula is C18H17BrN2O3.